The summed E-state index contributed by atoms with van der Waals surface area (Å²) in [6.07, 6.45) is 0. The van der Waals surface area contributed by atoms with E-state index in [1.165, 1.54) is 12.1 Å². The topological polar surface area (TPSA) is 41.1 Å². The number of rotatable bonds is 6. The van der Waals surface area contributed by atoms with Crippen LogP contribution in [0.1, 0.15) is 22.0 Å². The van der Waals surface area contributed by atoms with E-state index in [1.807, 2.05) is 42.6 Å². The standard InChI is InChI=1S/C20H18BrFN2OS/c1-13-11-15(21)6-9-17(13)24-19(25)12-23-20(18-3-2-10-26-18)14-4-7-16(22)8-5-14/h2-11,20,23H,12H2,1H3,(H,24,25). The van der Waals surface area contributed by atoms with Crippen LogP contribution >= 0.6 is 27.3 Å². The highest BCUT2D eigenvalue weighted by molar-refractivity contribution is 9.10. The number of halogens is 2. The highest BCUT2D eigenvalue weighted by Gasteiger charge is 2.16. The lowest BCUT2D eigenvalue weighted by Gasteiger charge is -2.18. The molecular formula is C20H18BrFN2OS. The number of hydrogen-bond acceptors (Lipinski definition) is 3. The number of anilines is 1. The first kappa shape index (κ1) is 18.8. The SMILES string of the molecule is Cc1cc(Br)ccc1NC(=O)CNC(c1ccc(F)cc1)c1cccs1. The van der Waals surface area contributed by atoms with Crippen LogP contribution in [0.5, 0.6) is 0 Å². The number of benzene rings is 2. The smallest absolute Gasteiger partial charge is 0.238 e. The zero-order valence-electron chi connectivity index (χ0n) is 14.1. The summed E-state index contributed by atoms with van der Waals surface area (Å²) in [4.78, 5) is 13.4. The van der Waals surface area contributed by atoms with Gasteiger partial charge in [-0.15, -0.1) is 11.3 Å². The van der Waals surface area contributed by atoms with Crippen molar-refractivity contribution >= 4 is 38.9 Å². The molecule has 1 amide bonds. The highest BCUT2D eigenvalue weighted by Crippen LogP contribution is 2.26. The van der Waals surface area contributed by atoms with E-state index in [-0.39, 0.29) is 24.3 Å². The summed E-state index contributed by atoms with van der Waals surface area (Å²) < 4.78 is 14.2. The summed E-state index contributed by atoms with van der Waals surface area (Å²) in [5.41, 5.74) is 2.69. The lowest BCUT2D eigenvalue weighted by atomic mass is 10.1. The fraction of sp³-hybridized carbons (Fsp3) is 0.150. The molecule has 6 heteroatoms. The summed E-state index contributed by atoms with van der Waals surface area (Å²) in [5, 5.41) is 8.18. The molecule has 0 aliphatic carbocycles. The number of aryl methyl sites for hydroxylation is 1. The molecule has 1 aromatic heterocycles. The Morgan fingerprint density at radius 1 is 1.19 bits per heavy atom. The van der Waals surface area contributed by atoms with E-state index in [9.17, 15) is 9.18 Å². The van der Waals surface area contributed by atoms with Gasteiger partial charge in [0, 0.05) is 15.0 Å². The number of carbonyl (C=O) groups excluding carboxylic acids is 1. The number of carbonyl (C=O) groups is 1. The third kappa shape index (κ3) is 4.78. The second kappa shape index (κ2) is 8.58. The van der Waals surface area contributed by atoms with Gasteiger partial charge in [-0.05, 0) is 59.8 Å². The summed E-state index contributed by atoms with van der Waals surface area (Å²) in [5.74, 6) is -0.402. The average Bonchev–Trinajstić information content (AvgIpc) is 3.13. The molecule has 0 aliphatic heterocycles. The molecule has 3 rings (SSSR count). The molecule has 1 unspecified atom stereocenters. The quantitative estimate of drug-likeness (QED) is 0.556. The molecule has 0 saturated carbocycles. The summed E-state index contributed by atoms with van der Waals surface area (Å²) in [7, 11) is 0. The maximum atomic E-state index is 13.2. The van der Waals surface area contributed by atoms with E-state index < -0.39 is 0 Å². The number of hydrogen-bond donors (Lipinski definition) is 2. The lowest BCUT2D eigenvalue weighted by Crippen LogP contribution is -2.31. The zero-order valence-corrected chi connectivity index (χ0v) is 16.5. The Morgan fingerprint density at radius 2 is 1.96 bits per heavy atom. The average molecular weight is 433 g/mol. The van der Waals surface area contributed by atoms with Gasteiger partial charge in [-0.25, -0.2) is 4.39 Å². The third-order valence-electron chi connectivity index (χ3n) is 3.96. The Balaban J connectivity index is 1.69. The van der Waals surface area contributed by atoms with Crippen molar-refractivity contribution in [2.45, 2.75) is 13.0 Å². The van der Waals surface area contributed by atoms with Crippen molar-refractivity contribution in [2.24, 2.45) is 0 Å². The normalized spacial score (nSPS) is 12.0. The Labute approximate surface area is 164 Å². The van der Waals surface area contributed by atoms with Crippen molar-refractivity contribution in [3.8, 4) is 0 Å². The van der Waals surface area contributed by atoms with Crippen molar-refractivity contribution in [2.75, 3.05) is 11.9 Å². The van der Waals surface area contributed by atoms with Gasteiger partial charge in [0.05, 0.1) is 12.6 Å². The minimum absolute atomic E-state index is 0.126. The van der Waals surface area contributed by atoms with Gasteiger partial charge in [-0.3, -0.25) is 10.1 Å². The molecule has 0 fully saturated rings. The van der Waals surface area contributed by atoms with E-state index >= 15 is 0 Å². The Bertz CT molecular complexity index is 881. The summed E-state index contributed by atoms with van der Waals surface area (Å²) in [6, 6.07) is 15.9. The molecule has 1 heterocycles. The molecule has 1 atom stereocenters. The molecule has 134 valence electrons. The monoisotopic (exact) mass is 432 g/mol. The molecule has 0 spiro atoms. The minimum Gasteiger partial charge on any atom is -0.325 e. The molecule has 0 bridgehead atoms. The molecule has 3 aromatic rings. The first-order chi connectivity index (χ1) is 12.5. The van der Waals surface area contributed by atoms with Crippen molar-refractivity contribution < 1.29 is 9.18 Å². The molecule has 2 aromatic carbocycles. The third-order valence-corrected chi connectivity index (χ3v) is 5.39. The van der Waals surface area contributed by atoms with Gasteiger partial charge in [0.1, 0.15) is 5.82 Å². The maximum Gasteiger partial charge on any atom is 0.238 e. The molecule has 0 radical (unpaired) electrons. The molecule has 2 N–H and O–H groups in total. The van der Waals surface area contributed by atoms with Gasteiger partial charge in [-0.1, -0.05) is 34.1 Å². The molecular weight excluding hydrogens is 415 g/mol. The summed E-state index contributed by atoms with van der Waals surface area (Å²) in [6.45, 7) is 2.09. The van der Waals surface area contributed by atoms with Crippen LogP contribution in [0.3, 0.4) is 0 Å². The van der Waals surface area contributed by atoms with Crippen LogP contribution in [0.15, 0.2) is 64.5 Å². The van der Waals surface area contributed by atoms with Crippen LogP contribution in [0.25, 0.3) is 0 Å². The van der Waals surface area contributed by atoms with Crippen LogP contribution in [-0.2, 0) is 4.79 Å². The largest absolute Gasteiger partial charge is 0.325 e. The fourth-order valence-electron chi connectivity index (χ4n) is 2.65. The summed E-state index contributed by atoms with van der Waals surface area (Å²) >= 11 is 5.01. The highest BCUT2D eigenvalue weighted by atomic mass is 79.9. The van der Waals surface area contributed by atoms with Crippen molar-refractivity contribution in [3.05, 3.63) is 86.3 Å². The van der Waals surface area contributed by atoms with Crippen molar-refractivity contribution in [1.82, 2.24) is 5.32 Å². The van der Waals surface area contributed by atoms with E-state index in [2.05, 4.69) is 26.6 Å². The van der Waals surface area contributed by atoms with Gasteiger partial charge in [0.25, 0.3) is 0 Å². The van der Waals surface area contributed by atoms with Crippen LogP contribution in [0.4, 0.5) is 10.1 Å². The Kier molecular flexibility index (Phi) is 6.19. The van der Waals surface area contributed by atoms with E-state index in [0.717, 1.165) is 26.2 Å². The van der Waals surface area contributed by atoms with E-state index in [4.69, 9.17) is 0 Å². The minimum atomic E-state index is -0.276. The number of thiophene rings is 1. The first-order valence-corrected chi connectivity index (χ1v) is 9.78. The van der Waals surface area contributed by atoms with Gasteiger partial charge < -0.3 is 5.32 Å². The van der Waals surface area contributed by atoms with Crippen LogP contribution in [0, 0.1) is 12.7 Å². The second-order valence-electron chi connectivity index (χ2n) is 5.89. The zero-order chi connectivity index (χ0) is 18.5. The van der Waals surface area contributed by atoms with Gasteiger partial charge in [0.2, 0.25) is 5.91 Å². The number of amides is 1. The fourth-order valence-corrected chi connectivity index (χ4v) is 3.95. The Morgan fingerprint density at radius 3 is 2.62 bits per heavy atom. The van der Waals surface area contributed by atoms with Gasteiger partial charge in [-0.2, -0.15) is 0 Å². The van der Waals surface area contributed by atoms with Gasteiger partial charge >= 0.3 is 0 Å². The van der Waals surface area contributed by atoms with Crippen LogP contribution in [-0.4, -0.2) is 12.5 Å². The van der Waals surface area contributed by atoms with Crippen molar-refractivity contribution in [3.63, 3.8) is 0 Å². The first-order valence-electron chi connectivity index (χ1n) is 8.11. The molecule has 26 heavy (non-hydrogen) atoms. The predicted molar refractivity (Wildman–Crippen MR) is 108 cm³/mol. The number of nitrogens with one attached hydrogen (secondary N) is 2. The maximum absolute atomic E-state index is 13.2. The second-order valence-corrected chi connectivity index (χ2v) is 7.78. The van der Waals surface area contributed by atoms with E-state index in [1.54, 1.807) is 23.5 Å². The van der Waals surface area contributed by atoms with Gasteiger partial charge in [0.15, 0.2) is 0 Å². The Hall–Kier alpha value is -2.02. The molecule has 0 saturated heterocycles. The van der Waals surface area contributed by atoms with Crippen LogP contribution < -0.4 is 10.6 Å². The lowest BCUT2D eigenvalue weighted by molar-refractivity contribution is -0.115. The predicted octanol–water partition coefficient (Wildman–Crippen LogP) is 5.28. The molecule has 3 nitrogen and oxygen atoms in total. The molecule has 0 aliphatic rings. The van der Waals surface area contributed by atoms with Crippen LogP contribution in [0.2, 0.25) is 0 Å². The van der Waals surface area contributed by atoms with E-state index in [0.29, 0.717) is 0 Å². The van der Waals surface area contributed by atoms with Crippen molar-refractivity contribution in [1.29, 1.82) is 0 Å².